The fourth-order valence-electron chi connectivity index (χ4n) is 2.54. The summed E-state index contributed by atoms with van der Waals surface area (Å²) in [5, 5.41) is 5.82. The summed E-state index contributed by atoms with van der Waals surface area (Å²) in [5.41, 5.74) is 7.62. The van der Waals surface area contributed by atoms with Crippen LogP contribution in [-0.2, 0) is 4.79 Å². The molecule has 0 bridgehead atoms. The molecule has 2 aromatic heterocycles. The number of rotatable bonds is 5. The van der Waals surface area contributed by atoms with Gasteiger partial charge in [-0.1, -0.05) is 13.3 Å². The van der Waals surface area contributed by atoms with Crippen LogP contribution in [0.15, 0.2) is 17.8 Å². The van der Waals surface area contributed by atoms with Gasteiger partial charge in [-0.25, -0.2) is 15.0 Å². The van der Waals surface area contributed by atoms with E-state index in [0.29, 0.717) is 29.9 Å². The van der Waals surface area contributed by atoms with E-state index in [1.54, 1.807) is 0 Å². The maximum absolute atomic E-state index is 12.6. The van der Waals surface area contributed by atoms with Crippen molar-refractivity contribution in [1.29, 1.82) is 0 Å². The summed E-state index contributed by atoms with van der Waals surface area (Å²) in [5.74, 6) is 0.108. The zero-order valence-electron chi connectivity index (χ0n) is 11.8. The van der Waals surface area contributed by atoms with Crippen molar-refractivity contribution in [3.8, 4) is 0 Å². The number of nitrogens with one attached hydrogen (secondary N) is 1. The second kappa shape index (κ2) is 5.57. The number of anilines is 1. The van der Waals surface area contributed by atoms with E-state index < -0.39 is 0 Å². The maximum atomic E-state index is 12.6. The van der Waals surface area contributed by atoms with Crippen LogP contribution in [-0.4, -0.2) is 38.1 Å². The third-order valence-electron chi connectivity index (χ3n) is 3.50. The fourth-order valence-corrected chi connectivity index (χ4v) is 2.54. The van der Waals surface area contributed by atoms with Crippen molar-refractivity contribution >= 4 is 28.6 Å². The monoisotopic (exact) mass is 287 g/mol. The average Bonchev–Trinajstić information content (AvgIpc) is 3.07. The molecule has 0 radical (unpaired) electrons. The van der Waals surface area contributed by atoms with Crippen LogP contribution in [0.3, 0.4) is 0 Å². The molecule has 8 nitrogen and oxygen atoms in total. The number of hydrogen-bond acceptors (Lipinski definition) is 6. The van der Waals surface area contributed by atoms with Crippen LogP contribution in [0, 0.1) is 5.92 Å². The molecular formula is C13H17N7O. The van der Waals surface area contributed by atoms with E-state index in [2.05, 4.69) is 32.0 Å². The molecule has 0 saturated carbocycles. The van der Waals surface area contributed by atoms with Gasteiger partial charge in [0, 0.05) is 0 Å². The van der Waals surface area contributed by atoms with E-state index in [1.165, 1.54) is 17.7 Å². The van der Waals surface area contributed by atoms with Crippen LogP contribution >= 0.6 is 0 Å². The zero-order chi connectivity index (χ0) is 14.8. The molecule has 1 aliphatic heterocycles. The number of hydrazone groups is 1. The number of H-pyrrole nitrogens is 1. The molecule has 1 aliphatic rings. The molecule has 1 atom stereocenters. The zero-order valence-corrected chi connectivity index (χ0v) is 11.8. The molecule has 3 heterocycles. The topological polar surface area (TPSA) is 113 Å². The van der Waals surface area contributed by atoms with Crippen molar-refractivity contribution in [1.82, 2.24) is 19.9 Å². The Bertz CT molecular complexity index is 693. The SMILES string of the molecule is CCCC1=NN(c2ncnc3nc[nH]c23)C(=O)C1CCN. The van der Waals surface area contributed by atoms with Crippen molar-refractivity contribution in [3.05, 3.63) is 12.7 Å². The highest BCUT2D eigenvalue weighted by atomic mass is 16.2. The average molecular weight is 287 g/mol. The van der Waals surface area contributed by atoms with Gasteiger partial charge in [-0.3, -0.25) is 4.79 Å². The molecule has 21 heavy (non-hydrogen) atoms. The first-order valence-electron chi connectivity index (χ1n) is 7.01. The van der Waals surface area contributed by atoms with Crippen molar-refractivity contribution in [2.75, 3.05) is 11.6 Å². The van der Waals surface area contributed by atoms with Crippen molar-refractivity contribution in [2.45, 2.75) is 26.2 Å². The van der Waals surface area contributed by atoms with Crippen molar-refractivity contribution < 1.29 is 4.79 Å². The van der Waals surface area contributed by atoms with Gasteiger partial charge in [0.1, 0.15) is 11.8 Å². The highest BCUT2D eigenvalue weighted by molar-refractivity contribution is 6.16. The first kappa shape index (κ1) is 13.6. The van der Waals surface area contributed by atoms with Gasteiger partial charge in [-0.05, 0) is 19.4 Å². The lowest BCUT2D eigenvalue weighted by atomic mass is 9.96. The normalized spacial score (nSPS) is 18.6. The summed E-state index contributed by atoms with van der Waals surface area (Å²) >= 11 is 0. The van der Waals surface area contributed by atoms with Gasteiger partial charge < -0.3 is 10.7 Å². The van der Waals surface area contributed by atoms with Crippen molar-refractivity contribution in [2.24, 2.45) is 16.8 Å². The number of aromatic amines is 1. The predicted octanol–water partition coefficient (Wildman–Crippen LogP) is 0.821. The molecule has 110 valence electrons. The van der Waals surface area contributed by atoms with Gasteiger partial charge in [-0.15, -0.1) is 0 Å². The number of hydrogen-bond donors (Lipinski definition) is 2. The van der Waals surface area contributed by atoms with Gasteiger partial charge in [0.15, 0.2) is 11.5 Å². The minimum atomic E-state index is -0.247. The van der Waals surface area contributed by atoms with Gasteiger partial charge >= 0.3 is 0 Å². The van der Waals surface area contributed by atoms with E-state index in [9.17, 15) is 4.79 Å². The van der Waals surface area contributed by atoms with Crippen LogP contribution in [0.5, 0.6) is 0 Å². The minimum Gasteiger partial charge on any atom is -0.340 e. The number of nitrogens with zero attached hydrogens (tertiary/aromatic N) is 5. The molecule has 0 fully saturated rings. The van der Waals surface area contributed by atoms with E-state index >= 15 is 0 Å². The van der Waals surface area contributed by atoms with E-state index in [4.69, 9.17) is 5.73 Å². The number of carbonyl (C=O) groups excluding carboxylic acids is 1. The molecule has 8 heteroatoms. The molecule has 2 aromatic rings. The molecule has 0 spiro atoms. The maximum Gasteiger partial charge on any atom is 0.257 e. The molecule has 3 rings (SSSR count). The quantitative estimate of drug-likeness (QED) is 0.845. The first-order valence-corrected chi connectivity index (χ1v) is 7.01. The van der Waals surface area contributed by atoms with E-state index in [1.807, 2.05) is 0 Å². The molecule has 1 amide bonds. The number of fused-ring (bicyclic) bond motifs is 1. The van der Waals surface area contributed by atoms with Crippen molar-refractivity contribution in [3.63, 3.8) is 0 Å². The Morgan fingerprint density at radius 3 is 3.00 bits per heavy atom. The summed E-state index contributed by atoms with van der Waals surface area (Å²) < 4.78 is 0. The molecule has 0 saturated heterocycles. The number of carbonyl (C=O) groups is 1. The van der Waals surface area contributed by atoms with Crippen LogP contribution < -0.4 is 10.7 Å². The first-order chi connectivity index (χ1) is 10.3. The fraction of sp³-hybridized carbons (Fsp3) is 0.462. The Balaban J connectivity index is 2.02. The van der Waals surface area contributed by atoms with Gasteiger partial charge in [0.25, 0.3) is 5.91 Å². The number of amides is 1. The largest absolute Gasteiger partial charge is 0.340 e. The summed E-state index contributed by atoms with van der Waals surface area (Å²) in [6, 6.07) is 0. The molecular weight excluding hydrogens is 270 g/mol. The third-order valence-corrected chi connectivity index (χ3v) is 3.50. The number of imidazole rings is 1. The Morgan fingerprint density at radius 1 is 1.38 bits per heavy atom. The summed E-state index contributed by atoms with van der Waals surface area (Å²) in [6.45, 7) is 2.52. The minimum absolute atomic E-state index is 0.0847. The number of nitrogens with two attached hydrogens (primary N) is 1. The molecule has 0 aromatic carbocycles. The lowest BCUT2D eigenvalue weighted by Crippen LogP contribution is -2.29. The standard InChI is InChI=1S/C13H17N7O/c1-2-3-9-8(4-5-14)13(21)20(19-9)12-10-11(16-6-15-10)17-7-18-12/h6-8H,2-5,14H2,1H3,(H,15,16,17,18). The van der Waals surface area contributed by atoms with E-state index in [0.717, 1.165) is 18.6 Å². The second-order valence-corrected chi connectivity index (χ2v) is 4.92. The predicted molar refractivity (Wildman–Crippen MR) is 78.7 cm³/mol. The highest BCUT2D eigenvalue weighted by Gasteiger charge is 2.37. The Kier molecular flexibility index (Phi) is 3.61. The molecule has 1 unspecified atom stereocenters. The third kappa shape index (κ3) is 2.27. The molecule has 3 N–H and O–H groups in total. The van der Waals surface area contributed by atoms with Crippen LogP contribution in [0.1, 0.15) is 26.2 Å². The summed E-state index contributed by atoms with van der Waals surface area (Å²) in [6.07, 6.45) is 5.23. The van der Waals surface area contributed by atoms with Crippen LogP contribution in [0.25, 0.3) is 11.2 Å². The Labute approximate surface area is 121 Å². The lowest BCUT2D eigenvalue weighted by molar-refractivity contribution is -0.119. The summed E-state index contributed by atoms with van der Waals surface area (Å²) in [7, 11) is 0. The summed E-state index contributed by atoms with van der Waals surface area (Å²) in [4.78, 5) is 27.9. The second-order valence-electron chi connectivity index (χ2n) is 4.92. The van der Waals surface area contributed by atoms with Gasteiger partial charge in [0.2, 0.25) is 0 Å². The van der Waals surface area contributed by atoms with Gasteiger partial charge in [0.05, 0.1) is 18.0 Å². The van der Waals surface area contributed by atoms with Gasteiger partial charge in [-0.2, -0.15) is 10.1 Å². The lowest BCUT2D eigenvalue weighted by Gasteiger charge is -2.13. The Morgan fingerprint density at radius 2 is 2.24 bits per heavy atom. The number of aromatic nitrogens is 4. The Hall–Kier alpha value is -2.35. The molecule has 0 aliphatic carbocycles. The van der Waals surface area contributed by atoms with Crippen LogP contribution in [0.4, 0.5) is 5.82 Å². The smallest absolute Gasteiger partial charge is 0.257 e. The highest BCUT2D eigenvalue weighted by Crippen LogP contribution is 2.28. The van der Waals surface area contributed by atoms with Crippen LogP contribution in [0.2, 0.25) is 0 Å². The van der Waals surface area contributed by atoms with E-state index in [-0.39, 0.29) is 11.8 Å².